The number of carbonyl (C=O) groups is 3. The Hall–Kier alpha value is -2.28. The number of nitrogens with zero attached hydrogens (tertiary/aromatic N) is 1. The van der Waals surface area contributed by atoms with Crippen LogP contribution in [0, 0.1) is 0 Å². The molecule has 3 rings (SSSR count). The molecule has 2 amide bonds. The Kier molecular flexibility index (Phi) is 4.12. The van der Waals surface area contributed by atoms with Crippen molar-refractivity contribution in [1.29, 1.82) is 0 Å². The van der Waals surface area contributed by atoms with Crippen molar-refractivity contribution in [3.8, 4) is 0 Å². The van der Waals surface area contributed by atoms with Crippen LogP contribution in [0.3, 0.4) is 0 Å². The minimum absolute atomic E-state index is 0.194. The van der Waals surface area contributed by atoms with Crippen LogP contribution in [0.5, 0.6) is 0 Å². The molecule has 1 aromatic carbocycles. The van der Waals surface area contributed by atoms with Crippen molar-refractivity contribution in [3.63, 3.8) is 0 Å². The lowest BCUT2D eigenvalue weighted by Crippen LogP contribution is -2.73. The molecule has 0 aliphatic carbocycles. The van der Waals surface area contributed by atoms with Crippen molar-refractivity contribution in [2.45, 2.75) is 30.8 Å². The van der Waals surface area contributed by atoms with Gasteiger partial charge in [0.2, 0.25) is 11.8 Å². The van der Waals surface area contributed by atoms with E-state index in [4.69, 9.17) is 0 Å². The van der Waals surface area contributed by atoms with Gasteiger partial charge in [-0.05, 0) is 23.5 Å². The minimum Gasteiger partial charge on any atom is -0.479 e. The van der Waals surface area contributed by atoms with Gasteiger partial charge < -0.3 is 15.3 Å². The molecule has 0 aromatic heterocycles. The number of β-lactam (4-membered cyclic amide) rings is 1. The largest absolute Gasteiger partial charge is 0.479 e. The molecule has 2 aliphatic heterocycles. The van der Waals surface area contributed by atoms with Crippen LogP contribution in [0.25, 0.3) is 0 Å². The van der Waals surface area contributed by atoms with Crippen molar-refractivity contribution in [2.24, 2.45) is 0 Å². The van der Waals surface area contributed by atoms with Gasteiger partial charge in [-0.15, -0.1) is 11.8 Å². The maximum atomic E-state index is 12.3. The van der Waals surface area contributed by atoms with Crippen LogP contribution in [-0.2, 0) is 20.8 Å². The lowest BCUT2D eigenvalue weighted by Gasteiger charge is -2.51. The predicted octanol–water partition coefficient (Wildman–Crippen LogP) is 0.986. The number of benzene rings is 1. The number of carbonyl (C=O) groups excluding carboxylic acids is 2. The van der Waals surface area contributed by atoms with E-state index >= 15 is 0 Å². The number of nitrogens with one attached hydrogen (secondary N) is 1. The smallest absolute Gasteiger partial charge is 0.330 e. The summed E-state index contributed by atoms with van der Waals surface area (Å²) in [5.41, 5.74) is 1.49. The first-order chi connectivity index (χ1) is 11.0. The van der Waals surface area contributed by atoms with Crippen molar-refractivity contribution < 1.29 is 19.5 Å². The second-order valence-corrected chi connectivity index (χ2v) is 6.57. The van der Waals surface area contributed by atoms with E-state index in [-0.39, 0.29) is 23.6 Å². The zero-order valence-electron chi connectivity index (χ0n) is 12.4. The van der Waals surface area contributed by atoms with Crippen LogP contribution in [0.1, 0.15) is 12.5 Å². The lowest BCUT2D eigenvalue weighted by atomic mass is 9.98. The Morgan fingerprint density at radius 1 is 1.30 bits per heavy atom. The molecule has 1 saturated heterocycles. The number of rotatable bonds is 4. The highest BCUT2D eigenvalue weighted by Crippen LogP contribution is 2.39. The number of fused-ring (bicyclic) bond motifs is 1. The summed E-state index contributed by atoms with van der Waals surface area (Å²) < 4.78 is 0. The molecular formula is C16H16N2O4S. The molecule has 7 heteroatoms. The van der Waals surface area contributed by atoms with E-state index < -0.39 is 18.1 Å². The number of aliphatic carboxylic acids is 1. The molecule has 23 heavy (non-hydrogen) atoms. The van der Waals surface area contributed by atoms with E-state index in [1.807, 2.05) is 30.3 Å². The highest BCUT2D eigenvalue weighted by atomic mass is 32.2. The first kappa shape index (κ1) is 15.6. The molecule has 0 saturated carbocycles. The quantitative estimate of drug-likeness (QED) is 0.803. The average Bonchev–Trinajstić information content (AvgIpc) is 2.53. The third kappa shape index (κ3) is 2.84. The highest BCUT2D eigenvalue weighted by Gasteiger charge is 2.55. The average molecular weight is 332 g/mol. The summed E-state index contributed by atoms with van der Waals surface area (Å²) in [6.45, 7) is 1.69. The molecule has 0 spiro atoms. The third-order valence-electron chi connectivity index (χ3n) is 3.94. The maximum Gasteiger partial charge on any atom is 0.330 e. The molecule has 1 aromatic rings. The molecule has 2 N–H and O–H groups in total. The summed E-state index contributed by atoms with van der Waals surface area (Å²) in [5.74, 6) is -1.64. The molecule has 0 unspecified atom stereocenters. The van der Waals surface area contributed by atoms with Crippen molar-refractivity contribution in [3.05, 3.63) is 46.9 Å². The Morgan fingerprint density at radius 2 is 2.00 bits per heavy atom. The lowest BCUT2D eigenvalue weighted by molar-refractivity contribution is -0.160. The monoisotopic (exact) mass is 332 g/mol. The number of carboxylic acid groups (broad SMARTS) is 1. The second kappa shape index (κ2) is 6.08. The number of hydrogen-bond acceptors (Lipinski definition) is 4. The van der Waals surface area contributed by atoms with Crippen LogP contribution in [0.2, 0.25) is 0 Å². The summed E-state index contributed by atoms with van der Waals surface area (Å²) in [5, 5.41) is 13.4. The normalized spacial score (nSPS) is 26.0. The molecule has 3 atom stereocenters. The number of carboxylic acids is 1. The van der Waals surface area contributed by atoms with Crippen LogP contribution >= 0.6 is 11.8 Å². The number of amides is 2. The summed E-state index contributed by atoms with van der Waals surface area (Å²) in [6, 6.07) is 7.65. The fourth-order valence-electron chi connectivity index (χ4n) is 2.82. The zero-order valence-corrected chi connectivity index (χ0v) is 13.2. The zero-order chi connectivity index (χ0) is 16.6. The van der Waals surface area contributed by atoms with E-state index in [9.17, 15) is 19.5 Å². The maximum absolute atomic E-state index is 12.3. The fraction of sp³-hybridized carbons (Fsp3) is 0.312. The van der Waals surface area contributed by atoms with Gasteiger partial charge in [-0.1, -0.05) is 30.3 Å². The van der Waals surface area contributed by atoms with Crippen molar-refractivity contribution in [1.82, 2.24) is 10.2 Å². The van der Waals surface area contributed by atoms with E-state index in [0.29, 0.717) is 5.57 Å². The van der Waals surface area contributed by atoms with Gasteiger partial charge in [0.05, 0.1) is 6.42 Å². The first-order valence-electron chi connectivity index (χ1n) is 7.19. The summed E-state index contributed by atoms with van der Waals surface area (Å²) in [7, 11) is 0. The van der Waals surface area contributed by atoms with Gasteiger partial charge in [-0.3, -0.25) is 9.59 Å². The van der Waals surface area contributed by atoms with Gasteiger partial charge in [0, 0.05) is 0 Å². The molecular weight excluding hydrogens is 316 g/mol. The molecule has 1 fully saturated rings. The van der Waals surface area contributed by atoms with Crippen LogP contribution in [-0.4, -0.2) is 45.2 Å². The van der Waals surface area contributed by atoms with E-state index in [0.717, 1.165) is 5.56 Å². The van der Waals surface area contributed by atoms with E-state index in [1.54, 1.807) is 12.3 Å². The molecule has 0 radical (unpaired) electrons. The number of thioether (sulfide) groups is 1. The third-order valence-corrected chi connectivity index (χ3v) is 5.23. The Morgan fingerprint density at radius 3 is 2.65 bits per heavy atom. The van der Waals surface area contributed by atoms with Gasteiger partial charge in [0.25, 0.3) is 0 Å². The molecule has 2 heterocycles. The number of hydrogen-bond donors (Lipinski definition) is 2. The summed E-state index contributed by atoms with van der Waals surface area (Å²) in [6.07, 6.45) is 0.194. The van der Waals surface area contributed by atoms with Crippen LogP contribution in [0.4, 0.5) is 0 Å². The van der Waals surface area contributed by atoms with Crippen molar-refractivity contribution in [2.75, 3.05) is 0 Å². The van der Waals surface area contributed by atoms with Crippen LogP contribution < -0.4 is 5.32 Å². The predicted molar refractivity (Wildman–Crippen MR) is 85.5 cm³/mol. The van der Waals surface area contributed by atoms with E-state index in [1.165, 1.54) is 16.7 Å². The van der Waals surface area contributed by atoms with Gasteiger partial charge in [0.15, 0.2) is 6.04 Å². The van der Waals surface area contributed by atoms with E-state index in [2.05, 4.69) is 5.32 Å². The minimum atomic E-state index is -1.05. The SMILES string of the molecule is CC1=CS[C@@H]2[C@H](NC(=O)Cc3ccccc3)C(=O)N2[C@H]1C(=O)O. The Labute approximate surface area is 137 Å². The molecule has 0 bridgehead atoms. The van der Waals surface area contributed by atoms with Crippen LogP contribution in [0.15, 0.2) is 41.3 Å². The molecule has 2 aliphatic rings. The van der Waals surface area contributed by atoms with Gasteiger partial charge in [0.1, 0.15) is 11.4 Å². The first-order valence-corrected chi connectivity index (χ1v) is 8.13. The summed E-state index contributed by atoms with van der Waals surface area (Å²) >= 11 is 1.37. The standard InChI is InChI=1S/C16H16N2O4S/c1-9-8-23-15-12(14(20)18(15)13(9)16(21)22)17-11(19)7-10-5-3-2-4-6-10/h2-6,8,12-13,15H,7H2,1H3,(H,17,19)(H,21,22)/t12-,13-,15-/m1/s1. The second-order valence-electron chi connectivity index (χ2n) is 5.58. The van der Waals surface area contributed by atoms with Gasteiger partial charge >= 0.3 is 5.97 Å². The fourth-order valence-corrected chi connectivity index (χ4v) is 4.00. The molecule has 120 valence electrons. The Bertz CT molecular complexity index is 689. The Balaban J connectivity index is 1.66. The topological polar surface area (TPSA) is 86.7 Å². The summed E-state index contributed by atoms with van der Waals surface area (Å²) in [4.78, 5) is 37.0. The van der Waals surface area contributed by atoms with Gasteiger partial charge in [-0.25, -0.2) is 4.79 Å². The van der Waals surface area contributed by atoms with Gasteiger partial charge in [-0.2, -0.15) is 0 Å². The van der Waals surface area contributed by atoms with Crippen molar-refractivity contribution >= 4 is 29.5 Å². The molecule has 6 nitrogen and oxygen atoms in total. The highest BCUT2D eigenvalue weighted by molar-refractivity contribution is 8.02.